The van der Waals surface area contributed by atoms with Crippen molar-refractivity contribution in [2.75, 3.05) is 13.2 Å². The van der Waals surface area contributed by atoms with Gasteiger partial charge in [-0.25, -0.2) is 4.98 Å². The van der Waals surface area contributed by atoms with Crippen LogP contribution in [0.1, 0.15) is 61.3 Å². The average molecular weight is 322 g/mol. The molecule has 0 radical (unpaired) electrons. The maximum absolute atomic E-state index is 5.61. The Labute approximate surface area is 134 Å². The van der Waals surface area contributed by atoms with Gasteiger partial charge in [0, 0.05) is 25.5 Å². The maximum atomic E-state index is 5.61. The second-order valence-corrected chi connectivity index (χ2v) is 6.46. The molecule has 1 aliphatic heterocycles. The van der Waals surface area contributed by atoms with Crippen molar-refractivity contribution < 1.29 is 9.26 Å². The fraction of sp³-hybridized carbons (Fsp3) is 0.667. The highest BCUT2D eigenvalue weighted by molar-refractivity contribution is 7.09. The summed E-state index contributed by atoms with van der Waals surface area (Å²) in [6, 6.07) is 0.243. The average Bonchev–Trinajstić information content (AvgIpc) is 3.20. The predicted octanol–water partition coefficient (Wildman–Crippen LogP) is 3.27. The van der Waals surface area contributed by atoms with Crippen LogP contribution in [0.25, 0.3) is 0 Å². The van der Waals surface area contributed by atoms with E-state index in [-0.39, 0.29) is 12.1 Å². The van der Waals surface area contributed by atoms with Crippen molar-refractivity contribution in [3.8, 4) is 0 Å². The smallest absolute Gasteiger partial charge is 0.223 e. The summed E-state index contributed by atoms with van der Waals surface area (Å²) in [4.78, 5) is 11.5. The van der Waals surface area contributed by atoms with Crippen LogP contribution in [-0.2, 0) is 11.3 Å². The molecule has 0 aromatic carbocycles. The number of ether oxygens (including phenoxy) is 1. The standard InChI is InChI=1S/C15H22N4O2S/c1-4-20-10(2)15-17-12(9-22-15)8-19-7-5-6-13(19)14-16-11(3)21-18-14/h9-10,13H,4-8H2,1-3H3/t10-,13-/m0/s1. The first-order chi connectivity index (χ1) is 10.7. The first-order valence-corrected chi connectivity index (χ1v) is 8.65. The Kier molecular flexibility index (Phi) is 4.85. The van der Waals surface area contributed by atoms with E-state index in [1.54, 1.807) is 11.3 Å². The lowest BCUT2D eigenvalue weighted by molar-refractivity contribution is 0.0760. The number of hydrogen-bond acceptors (Lipinski definition) is 7. The molecule has 1 aliphatic rings. The van der Waals surface area contributed by atoms with Gasteiger partial charge in [-0.15, -0.1) is 11.3 Å². The highest BCUT2D eigenvalue weighted by Gasteiger charge is 2.30. The molecule has 0 saturated carbocycles. The summed E-state index contributed by atoms with van der Waals surface area (Å²) in [6.45, 7) is 8.47. The van der Waals surface area contributed by atoms with Gasteiger partial charge in [0.25, 0.3) is 0 Å². The van der Waals surface area contributed by atoms with E-state index in [9.17, 15) is 0 Å². The van der Waals surface area contributed by atoms with E-state index in [1.165, 1.54) is 0 Å². The topological polar surface area (TPSA) is 64.3 Å². The second kappa shape index (κ2) is 6.85. The van der Waals surface area contributed by atoms with Crippen LogP contribution in [0.3, 0.4) is 0 Å². The molecule has 0 amide bonds. The van der Waals surface area contributed by atoms with Gasteiger partial charge >= 0.3 is 0 Å². The lowest BCUT2D eigenvalue weighted by atomic mass is 10.2. The molecule has 6 nitrogen and oxygen atoms in total. The minimum atomic E-state index is 0.0676. The van der Waals surface area contributed by atoms with Gasteiger partial charge in [-0.3, -0.25) is 4.90 Å². The molecule has 0 N–H and O–H groups in total. The number of rotatable bonds is 6. The van der Waals surface area contributed by atoms with Crippen molar-refractivity contribution in [3.05, 3.63) is 27.8 Å². The molecule has 2 aromatic rings. The van der Waals surface area contributed by atoms with Crippen LogP contribution in [0.15, 0.2) is 9.90 Å². The van der Waals surface area contributed by atoms with Crippen molar-refractivity contribution in [2.24, 2.45) is 0 Å². The SMILES string of the molecule is CCO[C@@H](C)c1nc(CN2CCC[C@H]2c2noc(C)n2)cs1. The van der Waals surface area contributed by atoms with Crippen LogP contribution in [0, 0.1) is 6.92 Å². The number of likely N-dealkylation sites (tertiary alicyclic amines) is 1. The van der Waals surface area contributed by atoms with Gasteiger partial charge in [0.15, 0.2) is 5.82 Å². The number of hydrogen-bond donors (Lipinski definition) is 0. The molecule has 7 heteroatoms. The monoisotopic (exact) mass is 322 g/mol. The maximum Gasteiger partial charge on any atom is 0.223 e. The third-order valence-corrected chi connectivity index (χ3v) is 4.96. The molecule has 22 heavy (non-hydrogen) atoms. The van der Waals surface area contributed by atoms with Gasteiger partial charge in [-0.05, 0) is 33.2 Å². The summed E-state index contributed by atoms with van der Waals surface area (Å²) in [5, 5.41) is 7.25. The minimum Gasteiger partial charge on any atom is -0.372 e. The molecule has 0 bridgehead atoms. The molecule has 1 saturated heterocycles. The summed E-state index contributed by atoms with van der Waals surface area (Å²) >= 11 is 1.67. The summed E-state index contributed by atoms with van der Waals surface area (Å²) < 4.78 is 10.7. The van der Waals surface area contributed by atoms with E-state index in [0.717, 1.165) is 42.5 Å². The zero-order valence-electron chi connectivity index (χ0n) is 13.3. The van der Waals surface area contributed by atoms with Gasteiger partial charge in [0.05, 0.1) is 11.7 Å². The highest BCUT2D eigenvalue weighted by atomic mass is 32.1. The molecule has 2 atom stereocenters. The Morgan fingerprint density at radius 2 is 2.36 bits per heavy atom. The molecule has 3 heterocycles. The first kappa shape index (κ1) is 15.6. The number of nitrogens with zero attached hydrogens (tertiary/aromatic N) is 4. The van der Waals surface area contributed by atoms with Crippen LogP contribution in [0.4, 0.5) is 0 Å². The third kappa shape index (κ3) is 3.37. The minimum absolute atomic E-state index is 0.0676. The fourth-order valence-electron chi connectivity index (χ4n) is 2.87. The summed E-state index contributed by atoms with van der Waals surface area (Å²) in [5.74, 6) is 1.43. The van der Waals surface area contributed by atoms with Gasteiger partial charge in [-0.1, -0.05) is 5.16 Å². The normalized spacial score (nSPS) is 20.6. The van der Waals surface area contributed by atoms with E-state index in [0.29, 0.717) is 12.5 Å². The predicted molar refractivity (Wildman–Crippen MR) is 83.6 cm³/mol. The Bertz CT molecular complexity index is 612. The van der Waals surface area contributed by atoms with E-state index in [2.05, 4.69) is 20.4 Å². The molecule has 1 fully saturated rings. The van der Waals surface area contributed by atoms with Crippen molar-refractivity contribution in [3.63, 3.8) is 0 Å². The van der Waals surface area contributed by atoms with E-state index in [1.807, 2.05) is 20.8 Å². The van der Waals surface area contributed by atoms with Crippen LogP contribution < -0.4 is 0 Å². The Balaban J connectivity index is 1.67. The van der Waals surface area contributed by atoms with Crippen LogP contribution in [0.2, 0.25) is 0 Å². The second-order valence-electron chi connectivity index (χ2n) is 5.57. The highest BCUT2D eigenvalue weighted by Crippen LogP contribution is 2.32. The summed E-state index contributed by atoms with van der Waals surface area (Å²) in [5.41, 5.74) is 1.10. The number of thiazole rings is 1. The third-order valence-electron chi connectivity index (χ3n) is 3.90. The van der Waals surface area contributed by atoms with Crippen molar-refractivity contribution in [2.45, 2.75) is 52.3 Å². The molecule has 120 valence electrons. The molecule has 0 spiro atoms. The number of aryl methyl sites for hydroxylation is 1. The molecular weight excluding hydrogens is 300 g/mol. The van der Waals surface area contributed by atoms with Gasteiger partial charge in [0.2, 0.25) is 5.89 Å². The van der Waals surface area contributed by atoms with Gasteiger partial charge < -0.3 is 9.26 Å². The zero-order chi connectivity index (χ0) is 15.5. The Morgan fingerprint density at radius 1 is 1.50 bits per heavy atom. The zero-order valence-corrected chi connectivity index (χ0v) is 14.1. The Morgan fingerprint density at radius 3 is 3.09 bits per heavy atom. The molecule has 0 unspecified atom stereocenters. The largest absolute Gasteiger partial charge is 0.372 e. The molecule has 2 aromatic heterocycles. The van der Waals surface area contributed by atoms with Gasteiger partial charge in [-0.2, -0.15) is 4.98 Å². The van der Waals surface area contributed by atoms with Gasteiger partial charge in [0.1, 0.15) is 11.1 Å². The quantitative estimate of drug-likeness (QED) is 0.813. The molecular formula is C15H22N4O2S. The van der Waals surface area contributed by atoms with E-state index in [4.69, 9.17) is 14.2 Å². The van der Waals surface area contributed by atoms with Crippen LogP contribution in [-0.4, -0.2) is 33.2 Å². The summed E-state index contributed by atoms with van der Waals surface area (Å²) in [7, 11) is 0. The van der Waals surface area contributed by atoms with E-state index < -0.39 is 0 Å². The Hall–Kier alpha value is -1.31. The lowest BCUT2D eigenvalue weighted by Crippen LogP contribution is -2.23. The van der Waals surface area contributed by atoms with Crippen molar-refractivity contribution in [1.82, 2.24) is 20.0 Å². The fourth-order valence-corrected chi connectivity index (χ4v) is 3.68. The van der Waals surface area contributed by atoms with Crippen LogP contribution in [0.5, 0.6) is 0 Å². The van der Waals surface area contributed by atoms with Crippen molar-refractivity contribution in [1.29, 1.82) is 0 Å². The summed E-state index contributed by atoms with van der Waals surface area (Å²) in [6.07, 6.45) is 2.30. The lowest BCUT2D eigenvalue weighted by Gasteiger charge is -2.20. The molecule has 0 aliphatic carbocycles. The first-order valence-electron chi connectivity index (χ1n) is 7.77. The van der Waals surface area contributed by atoms with E-state index >= 15 is 0 Å². The van der Waals surface area contributed by atoms with Crippen LogP contribution >= 0.6 is 11.3 Å². The van der Waals surface area contributed by atoms with Crippen molar-refractivity contribution >= 4 is 11.3 Å². The number of aromatic nitrogens is 3. The molecule has 3 rings (SSSR count).